The first kappa shape index (κ1) is 16.1. The third-order valence-electron chi connectivity index (χ3n) is 3.01. The van der Waals surface area contributed by atoms with E-state index in [4.69, 9.17) is 4.74 Å². The van der Waals surface area contributed by atoms with E-state index >= 15 is 0 Å². The van der Waals surface area contributed by atoms with Gasteiger partial charge in [-0.3, -0.25) is 4.79 Å². The molecule has 6 nitrogen and oxygen atoms in total. The molecule has 2 rings (SSSR count). The predicted molar refractivity (Wildman–Crippen MR) is 82.0 cm³/mol. The molecule has 0 unspecified atom stereocenters. The lowest BCUT2D eigenvalue weighted by molar-refractivity contribution is -0.270. The van der Waals surface area contributed by atoms with Gasteiger partial charge in [-0.1, -0.05) is 36.1 Å². The molecule has 2 N–H and O–H groups in total. The van der Waals surface area contributed by atoms with Crippen molar-refractivity contribution in [2.45, 2.75) is 0 Å². The molecule has 0 saturated heterocycles. The van der Waals surface area contributed by atoms with Gasteiger partial charge in [-0.05, 0) is 29.8 Å². The van der Waals surface area contributed by atoms with Gasteiger partial charge in [-0.25, -0.2) is 4.79 Å². The van der Waals surface area contributed by atoms with E-state index in [9.17, 15) is 19.8 Å². The Bertz CT molecular complexity index is 753. The third kappa shape index (κ3) is 4.10. The van der Waals surface area contributed by atoms with Gasteiger partial charge < -0.3 is 20.3 Å². The molecular formula is C17H14NO5-. The summed E-state index contributed by atoms with van der Waals surface area (Å²) in [5.74, 6) is -2.07. The van der Waals surface area contributed by atoms with Gasteiger partial charge >= 0.3 is 5.97 Å². The zero-order valence-electron chi connectivity index (χ0n) is 12.3. The van der Waals surface area contributed by atoms with Crippen molar-refractivity contribution in [2.75, 3.05) is 7.11 Å². The van der Waals surface area contributed by atoms with E-state index in [0.717, 1.165) is 0 Å². The highest BCUT2D eigenvalue weighted by Gasteiger charge is 2.13. The van der Waals surface area contributed by atoms with Gasteiger partial charge in [0.1, 0.15) is 11.4 Å². The zero-order valence-corrected chi connectivity index (χ0v) is 12.3. The fourth-order valence-corrected chi connectivity index (χ4v) is 1.89. The van der Waals surface area contributed by atoms with Crippen molar-refractivity contribution in [3.05, 3.63) is 65.4 Å². The minimum atomic E-state index is -1.31. The van der Waals surface area contributed by atoms with Gasteiger partial charge in [-0.15, -0.1) is 0 Å². The number of amides is 1. The lowest BCUT2D eigenvalue weighted by atomic mass is 10.1. The first-order valence-electron chi connectivity index (χ1n) is 6.67. The van der Waals surface area contributed by atoms with Crippen LogP contribution in [0.25, 0.3) is 6.08 Å². The molecule has 0 aromatic heterocycles. The van der Waals surface area contributed by atoms with E-state index in [-0.39, 0.29) is 17.2 Å². The first-order valence-corrected chi connectivity index (χ1v) is 6.67. The van der Waals surface area contributed by atoms with Crippen LogP contribution in [-0.2, 0) is 4.79 Å². The smallest absolute Gasteiger partial charge is 0.352 e. The van der Waals surface area contributed by atoms with Crippen LogP contribution >= 0.6 is 0 Å². The van der Waals surface area contributed by atoms with Gasteiger partial charge in [0, 0.05) is 5.56 Å². The molecule has 0 bridgehead atoms. The summed E-state index contributed by atoms with van der Waals surface area (Å²) in [7, 11) is 1.37. The second-order valence-electron chi connectivity index (χ2n) is 4.59. The number of methoxy groups -OCH3 is 1. The van der Waals surface area contributed by atoms with E-state index in [2.05, 4.69) is 5.32 Å². The normalized spacial score (nSPS) is 10.9. The molecular weight excluding hydrogens is 298 g/mol. The van der Waals surface area contributed by atoms with Crippen molar-refractivity contribution in [3.8, 4) is 11.5 Å². The number of ether oxygens (including phenoxy) is 1. The summed E-state index contributed by atoms with van der Waals surface area (Å²) in [6.45, 7) is 0. The number of carbonyl (C=O) groups is 2. The van der Waals surface area contributed by atoms with Crippen LogP contribution in [0.5, 0.6) is 11.5 Å². The van der Waals surface area contributed by atoms with Crippen LogP contribution in [0, 0.1) is 0 Å². The van der Waals surface area contributed by atoms with Crippen LogP contribution in [0.4, 0.5) is 0 Å². The van der Waals surface area contributed by atoms with Gasteiger partial charge in [0.2, 0.25) is 0 Å². The van der Waals surface area contributed by atoms with E-state index < -0.39 is 11.9 Å². The topological polar surface area (TPSA) is 98.7 Å². The summed E-state index contributed by atoms with van der Waals surface area (Å²) in [6.07, 6.45) is 1.21. The molecule has 0 aliphatic heterocycles. The molecule has 0 saturated carbocycles. The highest BCUT2D eigenvalue weighted by Crippen LogP contribution is 2.24. The van der Waals surface area contributed by atoms with Crippen LogP contribution in [0.1, 0.15) is 15.9 Å². The second kappa shape index (κ2) is 7.13. The summed E-state index contributed by atoms with van der Waals surface area (Å²) >= 11 is 0. The summed E-state index contributed by atoms with van der Waals surface area (Å²) in [5.41, 5.74) is 0.351. The van der Waals surface area contributed by atoms with Gasteiger partial charge in [0.25, 0.3) is 5.91 Å². The van der Waals surface area contributed by atoms with Crippen LogP contribution in [0.15, 0.2) is 54.2 Å². The molecule has 2 aromatic carbocycles. The highest BCUT2D eigenvalue weighted by atomic mass is 16.5. The fraction of sp³-hybridized carbons (Fsp3) is 0.0588. The minimum Gasteiger partial charge on any atom is -0.870 e. The summed E-state index contributed by atoms with van der Waals surface area (Å²) in [6, 6.07) is 12.4. The van der Waals surface area contributed by atoms with E-state index in [1.807, 2.05) is 0 Å². The number of carboxylic acid groups (broad SMARTS) is 1. The molecule has 0 radical (unpaired) electrons. The Kier molecular flexibility index (Phi) is 4.99. The van der Waals surface area contributed by atoms with E-state index in [0.29, 0.717) is 11.1 Å². The molecule has 23 heavy (non-hydrogen) atoms. The molecule has 0 atom stereocenters. The largest absolute Gasteiger partial charge is 0.870 e. The first-order chi connectivity index (χ1) is 11.0. The third-order valence-corrected chi connectivity index (χ3v) is 3.01. The Balaban J connectivity index is 2.26. The van der Waals surface area contributed by atoms with Crippen LogP contribution in [0.3, 0.4) is 0 Å². The average molecular weight is 312 g/mol. The van der Waals surface area contributed by atoms with Crippen molar-refractivity contribution in [2.24, 2.45) is 0 Å². The number of aliphatic carboxylic acids is 1. The average Bonchev–Trinajstić information content (AvgIpc) is 2.55. The second-order valence-corrected chi connectivity index (χ2v) is 4.59. The lowest BCUT2D eigenvalue weighted by Crippen LogP contribution is -2.27. The maximum Gasteiger partial charge on any atom is 0.352 e. The lowest BCUT2D eigenvalue weighted by Gasteiger charge is -2.13. The number of nitrogens with one attached hydrogen (secondary N) is 1. The van der Waals surface area contributed by atoms with E-state index in [1.165, 1.54) is 31.4 Å². The van der Waals surface area contributed by atoms with Crippen molar-refractivity contribution in [3.63, 3.8) is 0 Å². The number of hydrogen-bond donors (Lipinski definition) is 2. The fourth-order valence-electron chi connectivity index (χ4n) is 1.89. The van der Waals surface area contributed by atoms with Gasteiger partial charge in [0.05, 0.1) is 7.11 Å². The molecule has 0 aliphatic rings. The number of hydrogen-bond acceptors (Lipinski definition) is 4. The number of carboxylic acids is 1. The van der Waals surface area contributed by atoms with Gasteiger partial charge in [-0.2, -0.15) is 0 Å². The predicted octanol–water partition coefficient (Wildman–Crippen LogP) is 1.62. The Morgan fingerprint density at radius 2 is 1.87 bits per heavy atom. The summed E-state index contributed by atoms with van der Waals surface area (Å²) in [5, 5.41) is 23.2. The van der Waals surface area contributed by atoms with E-state index in [1.54, 1.807) is 30.3 Å². The van der Waals surface area contributed by atoms with Crippen molar-refractivity contribution < 1.29 is 24.5 Å². The molecule has 0 aliphatic carbocycles. The molecule has 0 heterocycles. The maximum absolute atomic E-state index is 12.0. The van der Waals surface area contributed by atoms with Crippen molar-refractivity contribution >= 4 is 18.0 Å². The standard InChI is InChI=1S/C17H15NO5/c1-23-15-8-7-11(10-14(15)19)9-13(17(21)22)18-16(20)12-5-3-2-4-6-12/h2-10,19H,1H3,(H,18,20)(H,21,22)/p-1/b13-9+. The van der Waals surface area contributed by atoms with Crippen LogP contribution in [-0.4, -0.2) is 24.1 Å². The van der Waals surface area contributed by atoms with Crippen LogP contribution in [0.2, 0.25) is 0 Å². The quantitative estimate of drug-likeness (QED) is 0.818. The maximum atomic E-state index is 12.0. The Morgan fingerprint density at radius 3 is 2.43 bits per heavy atom. The molecule has 0 fully saturated rings. The molecule has 118 valence electrons. The number of carbonyl (C=O) groups excluding carboxylic acids is 1. The monoisotopic (exact) mass is 312 g/mol. The Labute approximate surface area is 132 Å². The van der Waals surface area contributed by atoms with Crippen molar-refractivity contribution in [1.82, 2.24) is 5.32 Å². The highest BCUT2D eigenvalue weighted by molar-refractivity contribution is 6.02. The summed E-state index contributed by atoms with van der Waals surface area (Å²) in [4.78, 5) is 23.3. The minimum absolute atomic E-state index is 0.160. The molecule has 2 aromatic rings. The number of rotatable bonds is 5. The molecule has 6 heteroatoms. The molecule has 0 spiro atoms. The van der Waals surface area contributed by atoms with Gasteiger partial charge in [0.15, 0.2) is 0 Å². The Hall–Kier alpha value is -3.28. The van der Waals surface area contributed by atoms with Crippen molar-refractivity contribution in [1.29, 1.82) is 0 Å². The molecule has 1 amide bonds. The Morgan fingerprint density at radius 1 is 1.17 bits per heavy atom. The summed E-state index contributed by atoms with van der Waals surface area (Å²) < 4.78 is 4.86. The van der Waals surface area contributed by atoms with Crippen LogP contribution < -0.4 is 15.2 Å². The number of benzene rings is 2. The zero-order chi connectivity index (χ0) is 16.8. The SMILES string of the molecule is COc1ccc(/C=C(/NC(=O)c2ccccc2)C(=O)O)cc1[O-].